The highest BCUT2D eigenvalue weighted by Crippen LogP contribution is 2.30. The van der Waals surface area contributed by atoms with Gasteiger partial charge >= 0.3 is 6.01 Å². The van der Waals surface area contributed by atoms with Crippen LogP contribution in [0.15, 0.2) is 28.8 Å². The number of nitrogens with zero attached hydrogens (tertiary/aromatic N) is 2. The topological polar surface area (TPSA) is 112 Å². The highest BCUT2D eigenvalue weighted by Gasteiger charge is 2.38. The zero-order valence-electron chi connectivity index (χ0n) is 13.4. The molecule has 128 valence electrons. The van der Waals surface area contributed by atoms with E-state index < -0.39 is 5.41 Å². The maximum absolute atomic E-state index is 11.8. The molecule has 0 bridgehead atoms. The van der Waals surface area contributed by atoms with Crippen molar-refractivity contribution in [3.05, 3.63) is 24.3 Å². The summed E-state index contributed by atoms with van der Waals surface area (Å²) in [6.07, 6.45) is 1.15. The smallest absolute Gasteiger partial charge is 0.321 e. The van der Waals surface area contributed by atoms with Crippen LogP contribution in [0.1, 0.15) is 12.8 Å². The van der Waals surface area contributed by atoms with E-state index in [4.69, 9.17) is 19.7 Å². The number of hydrogen-bond acceptors (Lipinski definition) is 7. The molecule has 1 aromatic carbocycles. The number of carbonyl (C=O) groups is 1. The fourth-order valence-corrected chi connectivity index (χ4v) is 2.69. The van der Waals surface area contributed by atoms with Crippen LogP contribution < -0.4 is 15.8 Å². The van der Waals surface area contributed by atoms with Gasteiger partial charge in [0.05, 0.1) is 12.5 Å². The molecule has 1 aliphatic rings. The second kappa shape index (κ2) is 6.88. The monoisotopic (exact) mass is 332 g/mol. The number of benzene rings is 1. The van der Waals surface area contributed by atoms with E-state index >= 15 is 0 Å². The molecular formula is C16H20N4O4. The molecule has 8 nitrogen and oxygen atoms in total. The van der Waals surface area contributed by atoms with E-state index in [9.17, 15) is 4.79 Å². The Morgan fingerprint density at radius 1 is 1.42 bits per heavy atom. The summed E-state index contributed by atoms with van der Waals surface area (Å²) in [7, 11) is 1.60. The number of nitrogens with two attached hydrogens (primary N) is 1. The third-order valence-electron chi connectivity index (χ3n) is 4.30. The van der Waals surface area contributed by atoms with Gasteiger partial charge in [0.25, 0.3) is 0 Å². The maximum atomic E-state index is 11.8. The van der Waals surface area contributed by atoms with Gasteiger partial charge in [0.15, 0.2) is 0 Å². The average molecular weight is 332 g/mol. The minimum atomic E-state index is -0.650. The van der Waals surface area contributed by atoms with Gasteiger partial charge < -0.3 is 25.0 Å². The minimum Gasteiger partial charge on any atom is -0.497 e. The average Bonchev–Trinajstić information content (AvgIpc) is 3.10. The number of carbonyl (C=O) groups excluding carboxylic acids is 1. The number of methoxy groups -OCH3 is 1. The van der Waals surface area contributed by atoms with Crippen molar-refractivity contribution in [2.45, 2.75) is 12.8 Å². The largest absolute Gasteiger partial charge is 0.497 e. The molecule has 3 N–H and O–H groups in total. The molecule has 1 aromatic heterocycles. The van der Waals surface area contributed by atoms with Crippen molar-refractivity contribution in [2.75, 3.05) is 32.2 Å². The molecule has 1 amide bonds. The Labute approximate surface area is 139 Å². The van der Waals surface area contributed by atoms with Crippen LogP contribution in [0.25, 0.3) is 11.4 Å². The van der Waals surface area contributed by atoms with Gasteiger partial charge in [-0.25, -0.2) is 0 Å². The van der Waals surface area contributed by atoms with Gasteiger partial charge in [-0.2, -0.15) is 4.98 Å². The van der Waals surface area contributed by atoms with E-state index in [0.717, 1.165) is 5.56 Å². The molecule has 0 aliphatic carbocycles. The van der Waals surface area contributed by atoms with E-state index in [1.165, 1.54) is 0 Å². The fourth-order valence-electron chi connectivity index (χ4n) is 2.69. The second-order valence-electron chi connectivity index (χ2n) is 5.77. The van der Waals surface area contributed by atoms with Crippen LogP contribution in [0.4, 0.5) is 6.01 Å². The Balaban J connectivity index is 1.70. The molecule has 24 heavy (non-hydrogen) atoms. The number of amides is 1. The van der Waals surface area contributed by atoms with E-state index in [0.29, 0.717) is 44.2 Å². The van der Waals surface area contributed by atoms with E-state index in [2.05, 4.69) is 15.5 Å². The Bertz CT molecular complexity index is 710. The summed E-state index contributed by atoms with van der Waals surface area (Å²) in [6.45, 7) is 1.37. The lowest BCUT2D eigenvalue weighted by Gasteiger charge is -2.33. The third kappa shape index (κ3) is 3.33. The zero-order valence-corrected chi connectivity index (χ0v) is 13.4. The first kappa shape index (κ1) is 16.3. The summed E-state index contributed by atoms with van der Waals surface area (Å²) in [4.78, 5) is 16.1. The molecular weight excluding hydrogens is 312 g/mol. The normalized spacial score (nSPS) is 16.5. The highest BCUT2D eigenvalue weighted by molar-refractivity contribution is 5.81. The van der Waals surface area contributed by atoms with Crippen molar-refractivity contribution < 1.29 is 18.8 Å². The van der Waals surface area contributed by atoms with Crippen molar-refractivity contribution in [1.29, 1.82) is 0 Å². The molecule has 2 aromatic rings. The lowest BCUT2D eigenvalue weighted by atomic mass is 9.79. The molecule has 1 saturated heterocycles. The van der Waals surface area contributed by atoms with Gasteiger partial charge in [0, 0.05) is 25.3 Å². The van der Waals surface area contributed by atoms with Crippen LogP contribution in [0.2, 0.25) is 0 Å². The van der Waals surface area contributed by atoms with Crippen molar-refractivity contribution >= 4 is 11.9 Å². The Kier molecular flexibility index (Phi) is 4.66. The molecule has 2 heterocycles. The van der Waals surface area contributed by atoms with Crippen molar-refractivity contribution in [3.8, 4) is 17.1 Å². The summed E-state index contributed by atoms with van der Waals surface area (Å²) >= 11 is 0. The predicted molar refractivity (Wildman–Crippen MR) is 86.5 cm³/mol. The minimum absolute atomic E-state index is 0.250. The summed E-state index contributed by atoms with van der Waals surface area (Å²) in [6, 6.07) is 7.62. The van der Waals surface area contributed by atoms with Crippen LogP contribution in [-0.4, -0.2) is 42.9 Å². The SMILES string of the molecule is COc1cccc(-c2noc(NCC3(C(N)=O)CCOCC3)n2)c1. The molecule has 0 unspecified atom stereocenters. The van der Waals surface area contributed by atoms with Crippen molar-refractivity contribution in [2.24, 2.45) is 11.1 Å². The number of anilines is 1. The number of nitrogens with one attached hydrogen (secondary N) is 1. The summed E-state index contributed by atoms with van der Waals surface area (Å²) in [5.74, 6) is 0.809. The van der Waals surface area contributed by atoms with Crippen molar-refractivity contribution in [3.63, 3.8) is 0 Å². The number of hydrogen-bond donors (Lipinski definition) is 2. The number of primary amides is 1. The van der Waals surface area contributed by atoms with Crippen molar-refractivity contribution in [1.82, 2.24) is 10.1 Å². The van der Waals surface area contributed by atoms with Gasteiger partial charge in [0.2, 0.25) is 11.7 Å². The Hall–Kier alpha value is -2.61. The van der Waals surface area contributed by atoms with Crippen LogP contribution in [0, 0.1) is 5.41 Å². The van der Waals surface area contributed by atoms with Crippen LogP contribution in [0.3, 0.4) is 0 Å². The molecule has 1 aliphatic heterocycles. The predicted octanol–water partition coefficient (Wildman–Crippen LogP) is 1.44. The quantitative estimate of drug-likeness (QED) is 0.823. The molecule has 0 atom stereocenters. The van der Waals surface area contributed by atoms with E-state index in [-0.39, 0.29) is 11.9 Å². The van der Waals surface area contributed by atoms with Gasteiger partial charge in [0.1, 0.15) is 5.75 Å². The summed E-state index contributed by atoms with van der Waals surface area (Å²) < 4.78 is 15.7. The number of rotatable bonds is 6. The first-order valence-electron chi connectivity index (χ1n) is 7.73. The summed E-state index contributed by atoms with van der Waals surface area (Å²) in [5, 5.41) is 6.98. The van der Waals surface area contributed by atoms with Gasteiger partial charge in [-0.3, -0.25) is 4.79 Å². The number of ether oxygens (including phenoxy) is 2. The first-order valence-corrected chi connectivity index (χ1v) is 7.73. The Morgan fingerprint density at radius 3 is 2.92 bits per heavy atom. The van der Waals surface area contributed by atoms with Gasteiger partial charge in [-0.15, -0.1) is 0 Å². The van der Waals surface area contributed by atoms with Gasteiger partial charge in [-0.05, 0) is 25.0 Å². The molecule has 3 rings (SSSR count). The van der Waals surface area contributed by atoms with E-state index in [1.807, 2.05) is 24.3 Å². The molecule has 8 heteroatoms. The number of aromatic nitrogens is 2. The Morgan fingerprint density at radius 2 is 2.21 bits per heavy atom. The van der Waals surface area contributed by atoms with Crippen LogP contribution >= 0.6 is 0 Å². The lowest BCUT2D eigenvalue weighted by Crippen LogP contribution is -2.46. The standard InChI is InChI=1S/C16H20N4O4/c1-22-12-4-2-3-11(9-12)13-19-15(24-20-13)18-10-16(14(17)21)5-7-23-8-6-16/h2-4,9H,5-8,10H2,1H3,(H2,17,21)(H,18,19,20). The van der Waals surface area contributed by atoms with Gasteiger partial charge in [-0.1, -0.05) is 17.3 Å². The maximum Gasteiger partial charge on any atom is 0.321 e. The van der Waals surface area contributed by atoms with Crippen LogP contribution in [-0.2, 0) is 9.53 Å². The molecule has 0 saturated carbocycles. The lowest BCUT2D eigenvalue weighted by molar-refractivity contribution is -0.132. The molecule has 0 radical (unpaired) electrons. The van der Waals surface area contributed by atoms with E-state index in [1.54, 1.807) is 7.11 Å². The first-order chi connectivity index (χ1) is 11.6. The van der Waals surface area contributed by atoms with Crippen LogP contribution in [0.5, 0.6) is 5.75 Å². The molecule has 0 spiro atoms. The second-order valence-corrected chi connectivity index (χ2v) is 5.77. The zero-order chi connectivity index (χ0) is 17.0. The molecule has 1 fully saturated rings. The fraction of sp³-hybridized carbons (Fsp3) is 0.438. The third-order valence-corrected chi connectivity index (χ3v) is 4.30. The highest BCUT2D eigenvalue weighted by atomic mass is 16.5. The summed E-state index contributed by atoms with van der Waals surface area (Å²) in [5.41, 5.74) is 5.71.